The summed E-state index contributed by atoms with van der Waals surface area (Å²) in [6.07, 6.45) is 8.08. The third-order valence-electron chi connectivity index (χ3n) is 2.40. The predicted molar refractivity (Wildman–Crippen MR) is 45.4 cm³/mol. The minimum Gasteiger partial charge on any atom is -0.376 e. The van der Waals surface area contributed by atoms with Gasteiger partial charge in [0, 0.05) is 13.7 Å². The molecule has 1 saturated carbocycles. The van der Waals surface area contributed by atoms with Crippen molar-refractivity contribution in [3.05, 3.63) is 0 Å². The summed E-state index contributed by atoms with van der Waals surface area (Å²) in [5.74, 6) is 1.64. The van der Waals surface area contributed by atoms with Crippen molar-refractivity contribution in [2.75, 3.05) is 13.7 Å². The minimum atomic E-state index is -0.363. The van der Waals surface area contributed by atoms with Crippen LogP contribution in [-0.2, 0) is 9.53 Å². The molecule has 1 fully saturated rings. The Morgan fingerprint density at radius 3 is 2.75 bits per heavy atom. The zero-order valence-electron chi connectivity index (χ0n) is 7.22. The fraction of sp³-hybridized carbons (Fsp3) is 0.667. The van der Waals surface area contributed by atoms with E-state index in [4.69, 9.17) is 11.2 Å². The molecule has 0 atom stereocenters. The van der Waals surface area contributed by atoms with E-state index in [9.17, 15) is 4.79 Å². The monoisotopic (exact) mass is 167 g/mol. The van der Waals surface area contributed by atoms with Gasteiger partial charge in [0.15, 0.2) is 0 Å². The molecule has 0 aromatic carbocycles. The van der Waals surface area contributed by atoms with E-state index >= 15 is 0 Å². The summed E-state index contributed by atoms with van der Waals surface area (Å²) >= 11 is 0. The molecular formula is C9H13NO2. The van der Waals surface area contributed by atoms with Crippen molar-refractivity contribution in [1.82, 2.24) is 5.32 Å². The Labute approximate surface area is 72.5 Å². The van der Waals surface area contributed by atoms with E-state index in [2.05, 4.69) is 5.32 Å². The molecule has 1 N–H and O–H groups in total. The van der Waals surface area contributed by atoms with Gasteiger partial charge in [0.2, 0.25) is 0 Å². The van der Waals surface area contributed by atoms with Crippen molar-refractivity contribution in [1.29, 1.82) is 0 Å². The van der Waals surface area contributed by atoms with Gasteiger partial charge in [0.25, 0.3) is 5.91 Å². The molecule has 12 heavy (non-hydrogen) atoms. The van der Waals surface area contributed by atoms with E-state index in [1.165, 1.54) is 6.42 Å². The summed E-state index contributed by atoms with van der Waals surface area (Å²) in [7, 11) is 1.67. The fourth-order valence-electron chi connectivity index (χ4n) is 1.32. The van der Waals surface area contributed by atoms with Crippen LogP contribution in [0.5, 0.6) is 0 Å². The molecule has 0 radical (unpaired) electrons. The number of carbonyl (C=O) groups excluding carboxylic acids is 1. The molecule has 0 aromatic rings. The summed E-state index contributed by atoms with van der Waals surface area (Å²) in [6.45, 7) is 0.534. The van der Waals surface area contributed by atoms with Crippen LogP contribution in [0.25, 0.3) is 0 Å². The van der Waals surface area contributed by atoms with Gasteiger partial charge in [-0.1, -0.05) is 0 Å². The van der Waals surface area contributed by atoms with Crippen molar-refractivity contribution < 1.29 is 9.53 Å². The smallest absolute Gasteiger partial charge is 0.295 e. The first-order valence-electron chi connectivity index (χ1n) is 4.02. The Kier molecular flexibility index (Phi) is 2.72. The lowest BCUT2D eigenvalue weighted by molar-refractivity contribution is -0.119. The Balaban J connectivity index is 2.30. The molecule has 0 unspecified atom stereocenters. The molecule has 0 bridgehead atoms. The summed E-state index contributed by atoms with van der Waals surface area (Å²) in [4.78, 5) is 10.7. The molecule has 0 saturated heterocycles. The Morgan fingerprint density at radius 1 is 1.75 bits per heavy atom. The average Bonchev–Trinajstić information content (AvgIpc) is 2.03. The predicted octanol–water partition coefficient (Wildman–Crippen LogP) is 0.305. The molecule has 1 amide bonds. The van der Waals surface area contributed by atoms with Gasteiger partial charge >= 0.3 is 0 Å². The second-order valence-corrected chi connectivity index (χ2v) is 3.07. The quantitative estimate of drug-likeness (QED) is 0.614. The van der Waals surface area contributed by atoms with Gasteiger partial charge in [-0.2, -0.15) is 0 Å². The summed E-state index contributed by atoms with van der Waals surface area (Å²) in [5.41, 5.74) is -0.132. The first kappa shape index (κ1) is 9.08. The molecule has 3 nitrogen and oxygen atoms in total. The van der Waals surface area contributed by atoms with Crippen molar-refractivity contribution >= 4 is 5.91 Å². The zero-order valence-corrected chi connectivity index (χ0v) is 7.22. The molecule has 1 aliphatic rings. The molecule has 0 aromatic heterocycles. The maximum absolute atomic E-state index is 10.7. The Bertz CT molecular complexity index is 208. The number of carbonyl (C=O) groups is 1. The third kappa shape index (κ3) is 1.77. The molecule has 0 aliphatic heterocycles. The molecule has 66 valence electrons. The molecule has 0 heterocycles. The molecule has 1 aliphatic carbocycles. The Hall–Kier alpha value is -1.01. The number of ether oxygens (including phenoxy) is 1. The number of rotatable bonds is 3. The van der Waals surface area contributed by atoms with Gasteiger partial charge < -0.3 is 10.1 Å². The zero-order chi connectivity index (χ0) is 9.03. The molecule has 3 heteroatoms. The summed E-state index contributed by atoms with van der Waals surface area (Å²) in [6, 6.07) is 0. The van der Waals surface area contributed by atoms with Crippen molar-refractivity contribution in [2.24, 2.45) is 0 Å². The summed E-state index contributed by atoms with van der Waals surface area (Å²) in [5, 5.41) is 2.63. The fourth-order valence-corrected chi connectivity index (χ4v) is 1.32. The van der Waals surface area contributed by atoms with Crippen LogP contribution in [0, 0.1) is 12.3 Å². The normalized spacial score (nSPS) is 19.0. The van der Waals surface area contributed by atoms with Gasteiger partial charge in [0.1, 0.15) is 0 Å². The topological polar surface area (TPSA) is 38.3 Å². The van der Waals surface area contributed by atoms with Crippen LogP contribution < -0.4 is 5.32 Å². The highest BCUT2D eigenvalue weighted by Crippen LogP contribution is 2.34. The number of nitrogens with one attached hydrogen (secondary N) is 1. The summed E-state index contributed by atoms with van der Waals surface area (Å²) < 4.78 is 5.29. The van der Waals surface area contributed by atoms with Gasteiger partial charge in [-0.15, -0.1) is 6.42 Å². The number of hydrogen-bond donors (Lipinski definition) is 1. The van der Waals surface area contributed by atoms with E-state index < -0.39 is 0 Å². The molecule has 1 rings (SSSR count). The second-order valence-electron chi connectivity index (χ2n) is 3.07. The van der Waals surface area contributed by atoms with Crippen molar-refractivity contribution in [3.63, 3.8) is 0 Å². The highest BCUT2D eigenvalue weighted by Gasteiger charge is 2.36. The number of terminal acetylenes is 1. The lowest BCUT2D eigenvalue weighted by Crippen LogP contribution is -2.49. The van der Waals surface area contributed by atoms with Gasteiger partial charge in [-0.3, -0.25) is 4.79 Å². The first-order chi connectivity index (χ1) is 5.72. The first-order valence-corrected chi connectivity index (χ1v) is 4.02. The van der Waals surface area contributed by atoms with E-state index in [0.717, 1.165) is 12.8 Å². The van der Waals surface area contributed by atoms with Crippen LogP contribution in [0.3, 0.4) is 0 Å². The molecule has 0 spiro atoms. The maximum atomic E-state index is 10.7. The maximum Gasteiger partial charge on any atom is 0.295 e. The van der Waals surface area contributed by atoms with Gasteiger partial charge in [0.05, 0.1) is 5.60 Å². The van der Waals surface area contributed by atoms with Crippen molar-refractivity contribution in [2.45, 2.75) is 24.9 Å². The van der Waals surface area contributed by atoms with Crippen LogP contribution >= 0.6 is 0 Å². The highest BCUT2D eigenvalue weighted by atomic mass is 16.5. The van der Waals surface area contributed by atoms with E-state index in [-0.39, 0.29) is 11.5 Å². The number of amides is 1. The van der Waals surface area contributed by atoms with Crippen LogP contribution in [0.15, 0.2) is 0 Å². The standard InChI is InChI=1S/C9H13NO2/c1-3-8(11)10-7-9(12-2)5-4-6-9/h1H,4-7H2,2H3,(H,10,11). The second kappa shape index (κ2) is 3.59. The average molecular weight is 167 g/mol. The van der Waals surface area contributed by atoms with Crippen LogP contribution in [0.2, 0.25) is 0 Å². The van der Waals surface area contributed by atoms with Gasteiger partial charge in [-0.25, -0.2) is 0 Å². The van der Waals surface area contributed by atoms with E-state index in [0.29, 0.717) is 6.54 Å². The lowest BCUT2D eigenvalue weighted by atomic mass is 9.80. The minimum absolute atomic E-state index is 0.132. The lowest BCUT2D eigenvalue weighted by Gasteiger charge is -2.40. The number of hydrogen-bond acceptors (Lipinski definition) is 2. The highest BCUT2D eigenvalue weighted by molar-refractivity contribution is 5.92. The van der Waals surface area contributed by atoms with Crippen LogP contribution in [0.4, 0.5) is 0 Å². The van der Waals surface area contributed by atoms with E-state index in [1.54, 1.807) is 7.11 Å². The number of methoxy groups -OCH3 is 1. The third-order valence-corrected chi connectivity index (χ3v) is 2.40. The van der Waals surface area contributed by atoms with E-state index in [1.807, 2.05) is 5.92 Å². The van der Waals surface area contributed by atoms with Crippen molar-refractivity contribution in [3.8, 4) is 12.3 Å². The van der Waals surface area contributed by atoms with Crippen LogP contribution in [0.1, 0.15) is 19.3 Å². The van der Waals surface area contributed by atoms with Gasteiger partial charge in [-0.05, 0) is 25.2 Å². The van der Waals surface area contributed by atoms with Crippen LogP contribution in [-0.4, -0.2) is 25.2 Å². The molecular weight excluding hydrogens is 154 g/mol. The largest absolute Gasteiger partial charge is 0.376 e. The Morgan fingerprint density at radius 2 is 2.42 bits per heavy atom. The SMILES string of the molecule is C#CC(=O)NCC1(OC)CCC1.